The molecule has 0 aliphatic carbocycles. The van der Waals surface area contributed by atoms with Crippen LogP contribution >= 0.6 is 23.2 Å². The van der Waals surface area contributed by atoms with E-state index in [1.54, 1.807) is 18.2 Å². The molecule has 3 rings (SSSR count). The second-order valence-corrected chi connectivity index (χ2v) is 6.00. The molecular weight excluding hydrogens is 384 g/mol. The van der Waals surface area contributed by atoms with Gasteiger partial charge in [-0.2, -0.15) is 0 Å². The molecule has 2 N–H and O–H groups in total. The van der Waals surface area contributed by atoms with E-state index in [9.17, 15) is 4.39 Å². The van der Waals surface area contributed by atoms with Crippen LogP contribution in [0.15, 0.2) is 34.7 Å². The third-order valence-electron chi connectivity index (χ3n) is 3.38. The lowest BCUT2D eigenvalue weighted by Gasteiger charge is -2.15. The maximum absolute atomic E-state index is 13.2. The van der Waals surface area contributed by atoms with Gasteiger partial charge in [0.1, 0.15) is 12.4 Å². The molecule has 0 unspecified atom stereocenters. The number of nitrogen functional groups attached to an aromatic ring is 1. The van der Waals surface area contributed by atoms with Crippen LogP contribution < -0.4 is 15.2 Å². The van der Waals surface area contributed by atoms with Crippen molar-refractivity contribution in [2.45, 2.75) is 13.5 Å². The van der Waals surface area contributed by atoms with Crippen molar-refractivity contribution in [3.63, 3.8) is 0 Å². The average Bonchev–Trinajstić information content (AvgIpc) is 3.02. The first-order chi connectivity index (χ1) is 12.5. The number of ether oxygens (including phenoxy) is 2. The molecule has 136 valence electrons. The molecule has 2 aromatic carbocycles. The topological polar surface area (TPSA) is 83.4 Å². The van der Waals surface area contributed by atoms with Gasteiger partial charge in [0.2, 0.25) is 5.89 Å². The Labute approximate surface area is 158 Å². The van der Waals surface area contributed by atoms with E-state index in [0.29, 0.717) is 29.2 Å². The summed E-state index contributed by atoms with van der Waals surface area (Å²) in [5.74, 6) is 0.503. The van der Waals surface area contributed by atoms with Gasteiger partial charge < -0.3 is 19.6 Å². The fourth-order valence-corrected chi connectivity index (χ4v) is 2.72. The lowest BCUT2D eigenvalue weighted by molar-refractivity contribution is 0.269. The Morgan fingerprint density at radius 2 is 1.92 bits per heavy atom. The van der Waals surface area contributed by atoms with Crippen molar-refractivity contribution in [3.05, 3.63) is 51.8 Å². The van der Waals surface area contributed by atoms with Gasteiger partial charge in [0.05, 0.1) is 16.7 Å². The summed E-state index contributed by atoms with van der Waals surface area (Å²) < 4.78 is 29.7. The summed E-state index contributed by atoms with van der Waals surface area (Å²) in [7, 11) is 0. The average molecular weight is 398 g/mol. The van der Waals surface area contributed by atoms with E-state index in [2.05, 4.69) is 10.2 Å². The van der Waals surface area contributed by atoms with Gasteiger partial charge in [-0.25, -0.2) is 4.39 Å². The van der Waals surface area contributed by atoms with Crippen LogP contribution in [0.3, 0.4) is 0 Å². The summed E-state index contributed by atoms with van der Waals surface area (Å²) in [4.78, 5) is 0. The molecule has 0 fully saturated rings. The van der Waals surface area contributed by atoms with Crippen molar-refractivity contribution in [2.75, 3.05) is 12.3 Å². The molecule has 9 heteroatoms. The van der Waals surface area contributed by atoms with E-state index >= 15 is 0 Å². The molecule has 3 aromatic rings. The Morgan fingerprint density at radius 3 is 2.58 bits per heavy atom. The molecule has 26 heavy (non-hydrogen) atoms. The molecule has 0 aliphatic rings. The zero-order chi connectivity index (χ0) is 18.7. The molecule has 6 nitrogen and oxygen atoms in total. The fraction of sp³-hybridized carbons (Fsp3) is 0.176. The lowest BCUT2D eigenvalue weighted by Crippen LogP contribution is -2.01. The highest BCUT2D eigenvalue weighted by atomic mass is 35.5. The first-order valence-electron chi connectivity index (χ1n) is 7.60. The minimum atomic E-state index is -0.421. The van der Waals surface area contributed by atoms with Crippen LogP contribution in [0.25, 0.3) is 11.5 Å². The van der Waals surface area contributed by atoms with Gasteiger partial charge in [-0.05, 0) is 31.2 Å². The van der Waals surface area contributed by atoms with Gasteiger partial charge in [0.15, 0.2) is 11.5 Å². The summed E-state index contributed by atoms with van der Waals surface area (Å²) in [5, 5.41) is 7.98. The normalized spacial score (nSPS) is 10.8. The molecule has 0 aliphatic heterocycles. The van der Waals surface area contributed by atoms with Crippen LogP contribution in [-0.4, -0.2) is 16.8 Å². The predicted molar refractivity (Wildman–Crippen MR) is 96.1 cm³/mol. The number of aromatic nitrogens is 2. The summed E-state index contributed by atoms with van der Waals surface area (Å²) >= 11 is 12.4. The molecule has 1 heterocycles. The molecule has 0 spiro atoms. The van der Waals surface area contributed by atoms with E-state index in [4.69, 9.17) is 42.8 Å². The first-order valence-corrected chi connectivity index (χ1v) is 8.36. The molecule has 0 radical (unpaired) electrons. The number of rotatable bonds is 6. The molecule has 0 saturated carbocycles. The Balaban J connectivity index is 1.90. The molecule has 0 bridgehead atoms. The van der Waals surface area contributed by atoms with Gasteiger partial charge in [-0.3, -0.25) is 0 Å². The number of hydrogen-bond acceptors (Lipinski definition) is 6. The SMILES string of the molecule is CCOc1cc(-c2nnc(N)o2)cc(Cl)c1OCc1ccc(F)cc1Cl. The van der Waals surface area contributed by atoms with E-state index in [0.717, 1.165) is 0 Å². The Kier molecular flexibility index (Phi) is 5.49. The first kappa shape index (κ1) is 18.3. The molecule has 1 aromatic heterocycles. The summed E-state index contributed by atoms with van der Waals surface area (Å²) in [5.41, 5.74) is 6.60. The monoisotopic (exact) mass is 397 g/mol. The van der Waals surface area contributed by atoms with E-state index in [-0.39, 0.29) is 28.6 Å². The highest BCUT2D eigenvalue weighted by Gasteiger charge is 2.17. The zero-order valence-corrected chi connectivity index (χ0v) is 15.1. The highest BCUT2D eigenvalue weighted by molar-refractivity contribution is 6.32. The Bertz CT molecular complexity index is 934. The Morgan fingerprint density at radius 1 is 1.12 bits per heavy atom. The third kappa shape index (κ3) is 4.00. The molecule has 0 amide bonds. The fourth-order valence-electron chi connectivity index (χ4n) is 2.23. The van der Waals surface area contributed by atoms with E-state index < -0.39 is 5.82 Å². The van der Waals surface area contributed by atoms with Crippen molar-refractivity contribution in [1.82, 2.24) is 10.2 Å². The number of benzene rings is 2. The van der Waals surface area contributed by atoms with Crippen molar-refractivity contribution in [1.29, 1.82) is 0 Å². The summed E-state index contributed by atoms with van der Waals surface area (Å²) in [6.07, 6.45) is 0. The van der Waals surface area contributed by atoms with Gasteiger partial charge in [0, 0.05) is 11.1 Å². The van der Waals surface area contributed by atoms with Gasteiger partial charge in [0.25, 0.3) is 0 Å². The number of nitrogens with zero attached hydrogens (tertiary/aromatic N) is 2. The number of hydrogen-bond donors (Lipinski definition) is 1. The van der Waals surface area contributed by atoms with Crippen molar-refractivity contribution in [3.8, 4) is 23.0 Å². The van der Waals surface area contributed by atoms with Crippen molar-refractivity contribution in [2.24, 2.45) is 0 Å². The minimum Gasteiger partial charge on any atom is -0.490 e. The van der Waals surface area contributed by atoms with E-state index in [1.165, 1.54) is 12.1 Å². The van der Waals surface area contributed by atoms with Crippen LogP contribution in [-0.2, 0) is 6.61 Å². The smallest absolute Gasteiger partial charge is 0.313 e. The second-order valence-electron chi connectivity index (χ2n) is 5.19. The molecule has 0 atom stereocenters. The van der Waals surface area contributed by atoms with E-state index in [1.807, 2.05) is 6.92 Å². The van der Waals surface area contributed by atoms with Crippen LogP contribution in [0.2, 0.25) is 10.0 Å². The summed E-state index contributed by atoms with van der Waals surface area (Å²) in [6.45, 7) is 2.30. The van der Waals surface area contributed by atoms with Crippen LogP contribution in [0.5, 0.6) is 11.5 Å². The number of halogens is 3. The second kappa shape index (κ2) is 7.80. The largest absolute Gasteiger partial charge is 0.490 e. The third-order valence-corrected chi connectivity index (χ3v) is 4.02. The van der Waals surface area contributed by atoms with Crippen LogP contribution in [0, 0.1) is 5.82 Å². The maximum atomic E-state index is 13.2. The zero-order valence-electron chi connectivity index (χ0n) is 13.6. The number of anilines is 1. The quantitative estimate of drug-likeness (QED) is 0.646. The van der Waals surface area contributed by atoms with Crippen LogP contribution in [0.4, 0.5) is 10.4 Å². The highest BCUT2D eigenvalue weighted by Crippen LogP contribution is 2.40. The van der Waals surface area contributed by atoms with Gasteiger partial charge in [-0.1, -0.05) is 34.4 Å². The minimum absolute atomic E-state index is 0.0552. The maximum Gasteiger partial charge on any atom is 0.313 e. The predicted octanol–water partition coefficient (Wildman–Crippen LogP) is 4.74. The standard InChI is InChI=1S/C17H14Cl2FN3O3/c1-2-24-14-6-10(16-22-23-17(21)26-16)5-13(19)15(14)25-8-9-3-4-11(20)7-12(9)18/h3-7H,2,8H2,1H3,(H2,21,23). The van der Waals surface area contributed by atoms with Crippen molar-refractivity contribution >= 4 is 29.2 Å². The molecular formula is C17H14Cl2FN3O3. The van der Waals surface area contributed by atoms with Crippen LogP contribution in [0.1, 0.15) is 12.5 Å². The number of nitrogens with two attached hydrogens (primary N) is 1. The lowest BCUT2D eigenvalue weighted by atomic mass is 10.2. The molecule has 0 saturated heterocycles. The Hall–Kier alpha value is -2.51. The summed E-state index contributed by atoms with van der Waals surface area (Å²) in [6, 6.07) is 7.26. The van der Waals surface area contributed by atoms with Gasteiger partial charge >= 0.3 is 6.01 Å². The van der Waals surface area contributed by atoms with Gasteiger partial charge in [-0.15, -0.1) is 5.10 Å². The van der Waals surface area contributed by atoms with Crippen molar-refractivity contribution < 1.29 is 18.3 Å².